The number of carbonyl (C=O) groups excluding carboxylic acids is 1. The fourth-order valence-corrected chi connectivity index (χ4v) is 3.64. The quantitative estimate of drug-likeness (QED) is 0.840. The molecule has 6 heteroatoms. The SMILES string of the molecule is COc1cccc(CCC(=O)N2CCC[C@@H](N)[C@@H]2c2ccccc2F)c1.Cl. The number of rotatable bonds is 5. The first-order valence-electron chi connectivity index (χ1n) is 9.02. The van der Waals surface area contributed by atoms with Crippen LogP contribution in [0.5, 0.6) is 5.75 Å². The van der Waals surface area contributed by atoms with Crippen molar-refractivity contribution >= 4 is 18.3 Å². The fraction of sp³-hybridized carbons (Fsp3) is 0.381. The van der Waals surface area contributed by atoms with Gasteiger partial charge < -0.3 is 15.4 Å². The maximum Gasteiger partial charge on any atom is 0.223 e. The van der Waals surface area contributed by atoms with E-state index < -0.39 is 6.04 Å². The Morgan fingerprint density at radius 1 is 1.26 bits per heavy atom. The van der Waals surface area contributed by atoms with Crippen molar-refractivity contribution in [3.63, 3.8) is 0 Å². The Labute approximate surface area is 165 Å². The summed E-state index contributed by atoms with van der Waals surface area (Å²) < 4.78 is 19.5. The summed E-state index contributed by atoms with van der Waals surface area (Å²) in [5.74, 6) is 0.482. The average molecular weight is 393 g/mol. The lowest BCUT2D eigenvalue weighted by atomic mass is 9.90. The van der Waals surface area contributed by atoms with Gasteiger partial charge in [0.15, 0.2) is 0 Å². The third-order valence-corrected chi connectivity index (χ3v) is 4.98. The zero-order valence-corrected chi connectivity index (χ0v) is 16.3. The molecule has 2 aromatic rings. The van der Waals surface area contributed by atoms with E-state index >= 15 is 0 Å². The number of ether oxygens (including phenoxy) is 1. The molecule has 1 saturated heterocycles. The Bertz CT molecular complexity index is 771. The Kier molecular flexibility index (Phi) is 7.63. The van der Waals surface area contributed by atoms with Crippen LogP contribution in [0, 0.1) is 5.82 Å². The van der Waals surface area contributed by atoms with Gasteiger partial charge >= 0.3 is 0 Å². The summed E-state index contributed by atoms with van der Waals surface area (Å²) in [4.78, 5) is 14.6. The first-order chi connectivity index (χ1) is 12.6. The van der Waals surface area contributed by atoms with Crippen molar-refractivity contribution in [1.82, 2.24) is 4.90 Å². The highest BCUT2D eigenvalue weighted by Gasteiger charge is 2.34. The third kappa shape index (κ3) is 4.99. The lowest BCUT2D eigenvalue weighted by Crippen LogP contribution is -2.48. The van der Waals surface area contributed by atoms with Crippen LogP contribution in [-0.2, 0) is 11.2 Å². The molecular formula is C21H26ClFN2O2. The van der Waals surface area contributed by atoms with Crippen molar-refractivity contribution in [2.24, 2.45) is 5.73 Å². The van der Waals surface area contributed by atoms with Crippen LogP contribution in [0.25, 0.3) is 0 Å². The van der Waals surface area contributed by atoms with E-state index in [4.69, 9.17) is 10.5 Å². The smallest absolute Gasteiger partial charge is 0.223 e. The summed E-state index contributed by atoms with van der Waals surface area (Å²) in [7, 11) is 1.62. The predicted octanol–water partition coefficient (Wildman–Crippen LogP) is 3.88. The lowest BCUT2D eigenvalue weighted by Gasteiger charge is -2.40. The van der Waals surface area contributed by atoms with E-state index in [1.54, 1.807) is 30.2 Å². The van der Waals surface area contributed by atoms with E-state index in [0.717, 1.165) is 24.2 Å². The molecule has 0 radical (unpaired) electrons. The number of benzene rings is 2. The maximum atomic E-state index is 14.3. The van der Waals surface area contributed by atoms with Gasteiger partial charge in [0, 0.05) is 24.6 Å². The molecule has 4 nitrogen and oxygen atoms in total. The second-order valence-corrected chi connectivity index (χ2v) is 6.71. The second kappa shape index (κ2) is 9.72. The van der Waals surface area contributed by atoms with Gasteiger partial charge in [0.05, 0.1) is 13.2 Å². The highest BCUT2D eigenvalue weighted by atomic mass is 35.5. The number of halogens is 2. The van der Waals surface area contributed by atoms with Gasteiger partial charge in [0.1, 0.15) is 11.6 Å². The zero-order chi connectivity index (χ0) is 18.5. The van der Waals surface area contributed by atoms with Crippen LogP contribution in [0.3, 0.4) is 0 Å². The van der Waals surface area contributed by atoms with E-state index in [9.17, 15) is 9.18 Å². The number of aryl methyl sites for hydroxylation is 1. The molecule has 0 spiro atoms. The van der Waals surface area contributed by atoms with Gasteiger partial charge in [0.25, 0.3) is 0 Å². The van der Waals surface area contributed by atoms with Crippen molar-refractivity contribution in [2.45, 2.75) is 37.8 Å². The van der Waals surface area contributed by atoms with E-state index in [1.807, 2.05) is 24.3 Å². The number of hydrogen-bond donors (Lipinski definition) is 1. The summed E-state index contributed by atoms with van der Waals surface area (Å²) >= 11 is 0. The molecule has 1 amide bonds. The fourth-order valence-electron chi connectivity index (χ4n) is 3.64. The molecule has 2 aromatic carbocycles. The highest BCUT2D eigenvalue weighted by Crippen LogP contribution is 2.32. The molecule has 146 valence electrons. The standard InChI is InChI=1S/C21H25FN2O2.ClH/c1-26-16-7-4-6-15(14-16)11-12-20(25)24-13-5-10-19(23)21(24)17-8-2-3-9-18(17)22;/h2-4,6-9,14,19,21H,5,10-13,23H2,1H3;1H/t19-,21+;/m1./s1. The Balaban J connectivity index is 0.00000261. The molecule has 0 aromatic heterocycles. The predicted molar refractivity (Wildman–Crippen MR) is 107 cm³/mol. The van der Waals surface area contributed by atoms with Gasteiger partial charge in [-0.1, -0.05) is 30.3 Å². The monoisotopic (exact) mass is 392 g/mol. The third-order valence-electron chi connectivity index (χ3n) is 4.98. The Morgan fingerprint density at radius 2 is 2.04 bits per heavy atom. The molecule has 0 bridgehead atoms. The Hall–Kier alpha value is -2.11. The molecule has 2 atom stereocenters. The van der Waals surface area contributed by atoms with E-state index in [2.05, 4.69) is 0 Å². The highest BCUT2D eigenvalue weighted by molar-refractivity contribution is 5.85. The molecule has 1 fully saturated rings. The van der Waals surface area contributed by atoms with Crippen molar-refractivity contribution in [3.05, 3.63) is 65.5 Å². The number of piperidine rings is 1. The normalized spacial score (nSPS) is 19.3. The van der Waals surface area contributed by atoms with Crippen LogP contribution in [0.1, 0.15) is 36.4 Å². The van der Waals surface area contributed by atoms with E-state index in [-0.39, 0.29) is 30.2 Å². The number of likely N-dealkylation sites (tertiary alicyclic amines) is 1. The average Bonchev–Trinajstić information content (AvgIpc) is 2.67. The van der Waals surface area contributed by atoms with Gasteiger partial charge in [-0.15, -0.1) is 12.4 Å². The molecule has 2 N–H and O–H groups in total. The van der Waals surface area contributed by atoms with Gasteiger partial charge in [-0.25, -0.2) is 4.39 Å². The molecule has 3 rings (SSSR count). The Morgan fingerprint density at radius 3 is 2.78 bits per heavy atom. The summed E-state index contributed by atoms with van der Waals surface area (Å²) in [6.45, 7) is 0.615. The molecule has 1 aliphatic heterocycles. The summed E-state index contributed by atoms with van der Waals surface area (Å²) in [6, 6.07) is 13.7. The summed E-state index contributed by atoms with van der Waals surface area (Å²) in [5.41, 5.74) is 7.83. The van der Waals surface area contributed by atoms with Crippen LogP contribution < -0.4 is 10.5 Å². The molecular weight excluding hydrogens is 367 g/mol. The minimum absolute atomic E-state index is 0. The minimum Gasteiger partial charge on any atom is -0.497 e. The largest absolute Gasteiger partial charge is 0.497 e. The van der Waals surface area contributed by atoms with Crippen LogP contribution in [0.2, 0.25) is 0 Å². The van der Waals surface area contributed by atoms with Gasteiger partial charge in [0.2, 0.25) is 5.91 Å². The van der Waals surface area contributed by atoms with Crippen LogP contribution in [0.15, 0.2) is 48.5 Å². The minimum atomic E-state index is -0.400. The molecule has 27 heavy (non-hydrogen) atoms. The van der Waals surface area contributed by atoms with Crippen LogP contribution in [0.4, 0.5) is 4.39 Å². The number of methoxy groups -OCH3 is 1. The van der Waals surface area contributed by atoms with Crippen molar-refractivity contribution < 1.29 is 13.9 Å². The van der Waals surface area contributed by atoms with Gasteiger partial charge in [-0.3, -0.25) is 4.79 Å². The molecule has 1 aliphatic rings. The number of amides is 1. The van der Waals surface area contributed by atoms with Crippen molar-refractivity contribution in [1.29, 1.82) is 0 Å². The maximum absolute atomic E-state index is 14.3. The molecule has 1 heterocycles. The number of nitrogens with zero attached hydrogens (tertiary/aromatic N) is 1. The summed E-state index contributed by atoms with van der Waals surface area (Å²) in [5, 5.41) is 0. The molecule has 0 saturated carbocycles. The van der Waals surface area contributed by atoms with Crippen LogP contribution >= 0.6 is 12.4 Å². The number of carbonyl (C=O) groups is 1. The number of nitrogens with two attached hydrogens (primary N) is 1. The van der Waals surface area contributed by atoms with Crippen LogP contribution in [-0.4, -0.2) is 30.5 Å². The van der Waals surface area contributed by atoms with Crippen molar-refractivity contribution in [2.75, 3.05) is 13.7 Å². The van der Waals surface area contributed by atoms with Gasteiger partial charge in [-0.05, 0) is 43.0 Å². The molecule has 0 aliphatic carbocycles. The first kappa shape index (κ1) is 21.2. The summed E-state index contributed by atoms with van der Waals surface area (Å²) in [6.07, 6.45) is 2.62. The number of hydrogen-bond acceptors (Lipinski definition) is 3. The zero-order valence-electron chi connectivity index (χ0n) is 15.4. The first-order valence-corrected chi connectivity index (χ1v) is 9.02. The lowest BCUT2D eigenvalue weighted by molar-refractivity contribution is -0.135. The van der Waals surface area contributed by atoms with Gasteiger partial charge in [-0.2, -0.15) is 0 Å². The van der Waals surface area contributed by atoms with Crippen molar-refractivity contribution in [3.8, 4) is 5.75 Å². The molecule has 0 unspecified atom stereocenters. The topological polar surface area (TPSA) is 55.6 Å². The van der Waals surface area contributed by atoms with E-state index in [0.29, 0.717) is 24.9 Å². The second-order valence-electron chi connectivity index (χ2n) is 6.71. The van der Waals surface area contributed by atoms with E-state index in [1.165, 1.54) is 6.07 Å².